The molecule has 0 radical (unpaired) electrons. The zero-order valence-electron chi connectivity index (χ0n) is 14.6. The standard InChI is InChI=1S/C18H28N2O3/c1-5-18(6-2,12-19)17(21)20-8-7-13-9-15(22-3)16(23-4)10-14(13)11-20/h9-10H,5-8,11-12,19H2,1-4H3. The van der Waals surface area contributed by atoms with Gasteiger partial charge in [0.2, 0.25) is 5.91 Å². The van der Waals surface area contributed by atoms with E-state index in [1.54, 1.807) is 14.2 Å². The summed E-state index contributed by atoms with van der Waals surface area (Å²) in [5, 5.41) is 0. The number of methoxy groups -OCH3 is 2. The molecule has 0 spiro atoms. The number of nitrogens with two attached hydrogens (primary N) is 1. The summed E-state index contributed by atoms with van der Waals surface area (Å²) in [7, 11) is 3.27. The third kappa shape index (κ3) is 3.15. The lowest BCUT2D eigenvalue weighted by Gasteiger charge is -2.38. The molecule has 0 atom stereocenters. The second kappa shape index (κ2) is 7.21. The molecule has 2 rings (SSSR count). The number of hydrogen-bond acceptors (Lipinski definition) is 4. The average molecular weight is 320 g/mol. The maximum atomic E-state index is 13.0. The zero-order chi connectivity index (χ0) is 17.0. The van der Waals surface area contributed by atoms with Gasteiger partial charge in [-0.15, -0.1) is 0 Å². The predicted octanol–water partition coefficient (Wildman–Crippen LogP) is 2.35. The minimum absolute atomic E-state index is 0.172. The lowest BCUT2D eigenvalue weighted by Crippen LogP contribution is -2.49. The topological polar surface area (TPSA) is 64.8 Å². The van der Waals surface area contributed by atoms with Crippen LogP contribution in [-0.2, 0) is 17.8 Å². The molecule has 0 saturated carbocycles. The normalized spacial score (nSPS) is 14.4. The Hall–Kier alpha value is -1.75. The van der Waals surface area contributed by atoms with Crippen LogP contribution in [0.4, 0.5) is 0 Å². The molecule has 1 amide bonds. The molecule has 128 valence electrons. The lowest BCUT2D eigenvalue weighted by atomic mass is 9.80. The summed E-state index contributed by atoms with van der Waals surface area (Å²) in [6.45, 7) is 5.81. The van der Waals surface area contributed by atoms with Gasteiger partial charge in [-0.05, 0) is 42.5 Å². The first-order valence-electron chi connectivity index (χ1n) is 8.28. The van der Waals surface area contributed by atoms with Crippen molar-refractivity contribution in [2.24, 2.45) is 11.1 Å². The van der Waals surface area contributed by atoms with Crippen LogP contribution in [0, 0.1) is 5.41 Å². The second-order valence-corrected chi connectivity index (χ2v) is 6.14. The molecule has 23 heavy (non-hydrogen) atoms. The van der Waals surface area contributed by atoms with E-state index in [9.17, 15) is 4.79 Å². The first-order valence-corrected chi connectivity index (χ1v) is 8.28. The summed E-state index contributed by atoms with van der Waals surface area (Å²) in [5.74, 6) is 1.62. The van der Waals surface area contributed by atoms with Gasteiger partial charge in [-0.25, -0.2) is 0 Å². The molecule has 0 saturated heterocycles. The Morgan fingerprint density at radius 2 is 1.74 bits per heavy atom. The number of fused-ring (bicyclic) bond motifs is 1. The van der Waals surface area contributed by atoms with Crippen LogP contribution >= 0.6 is 0 Å². The highest BCUT2D eigenvalue weighted by Crippen LogP contribution is 2.35. The molecular formula is C18H28N2O3. The number of carbonyl (C=O) groups excluding carboxylic acids is 1. The number of nitrogens with zero attached hydrogens (tertiary/aromatic N) is 1. The Bertz CT molecular complexity index is 559. The number of ether oxygens (including phenoxy) is 2. The van der Waals surface area contributed by atoms with E-state index < -0.39 is 5.41 Å². The van der Waals surface area contributed by atoms with Crippen molar-refractivity contribution < 1.29 is 14.3 Å². The van der Waals surface area contributed by atoms with Crippen molar-refractivity contribution in [3.8, 4) is 11.5 Å². The molecule has 0 aliphatic carbocycles. The van der Waals surface area contributed by atoms with Gasteiger partial charge in [-0.1, -0.05) is 13.8 Å². The molecular weight excluding hydrogens is 292 g/mol. The summed E-state index contributed by atoms with van der Waals surface area (Å²) in [6.07, 6.45) is 2.37. The smallest absolute Gasteiger partial charge is 0.230 e. The van der Waals surface area contributed by atoms with Crippen molar-refractivity contribution >= 4 is 5.91 Å². The van der Waals surface area contributed by atoms with Gasteiger partial charge in [0.05, 0.1) is 19.6 Å². The van der Waals surface area contributed by atoms with Crippen LogP contribution in [0.25, 0.3) is 0 Å². The van der Waals surface area contributed by atoms with Crippen molar-refractivity contribution in [3.63, 3.8) is 0 Å². The molecule has 1 heterocycles. The monoisotopic (exact) mass is 320 g/mol. The van der Waals surface area contributed by atoms with Crippen LogP contribution in [0.1, 0.15) is 37.8 Å². The van der Waals surface area contributed by atoms with Gasteiger partial charge in [0, 0.05) is 19.6 Å². The first kappa shape index (κ1) is 17.6. The molecule has 5 nitrogen and oxygen atoms in total. The van der Waals surface area contributed by atoms with Crippen LogP contribution in [0.5, 0.6) is 11.5 Å². The van der Waals surface area contributed by atoms with Gasteiger partial charge in [0.1, 0.15) is 0 Å². The Labute approximate surface area is 138 Å². The number of benzene rings is 1. The molecule has 1 aliphatic heterocycles. The number of rotatable bonds is 6. The Kier molecular flexibility index (Phi) is 5.52. The summed E-state index contributed by atoms with van der Waals surface area (Å²) >= 11 is 0. The fourth-order valence-corrected chi connectivity index (χ4v) is 3.32. The van der Waals surface area contributed by atoms with Crippen molar-refractivity contribution in [3.05, 3.63) is 23.3 Å². The largest absolute Gasteiger partial charge is 0.493 e. The SMILES string of the molecule is CCC(CC)(CN)C(=O)N1CCc2cc(OC)c(OC)cc2C1. The molecule has 5 heteroatoms. The summed E-state index contributed by atoms with van der Waals surface area (Å²) < 4.78 is 10.7. The van der Waals surface area contributed by atoms with Gasteiger partial charge in [-0.2, -0.15) is 0 Å². The van der Waals surface area contributed by atoms with Crippen LogP contribution in [0.15, 0.2) is 12.1 Å². The van der Waals surface area contributed by atoms with Gasteiger partial charge >= 0.3 is 0 Å². The third-order valence-corrected chi connectivity index (χ3v) is 5.20. The van der Waals surface area contributed by atoms with Gasteiger partial charge in [0.15, 0.2) is 11.5 Å². The minimum atomic E-state index is -0.436. The van der Waals surface area contributed by atoms with E-state index in [-0.39, 0.29) is 5.91 Å². The summed E-state index contributed by atoms with van der Waals surface area (Å²) in [5.41, 5.74) is 7.84. The molecule has 0 unspecified atom stereocenters. The average Bonchev–Trinajstić information content (AvgIpc) is 2.61. The Morgan fingerprint density at radius 1 is 1.17 bits per heavy atom. The Morgan fingerprint density at radius 3 is 2.22 bits per heavy atom. The highest BCUT2D eigenvalue weighted by atomic mass is 16.5. The maximum absolute atomic E-state index is 13.0. The summed E-state index contributed by atoms with van der Waals surface area (Å²) in [6, 6.07) is 4.00. The van der Waals surface area contributed by atoms with Crippen molar-refractivity contribution in [2.45, 2.75) is 39.7 Å². The van der Waals surface area contributed by atoms with E-state index in [1.165, 1.54) is 5.56 Å². The van der Waals surface area contributed by atoms with E-state index >= 15 is 0 Å². The van der Waals surface area contributed by atoms with Crippen molar-refractivity contribution in [1.29, 1.82) is 0 Å². The van der Waals surface area contributed by atoms with Gasteiger partial charge in [-0.3, -0.25) is 4.79 Å². The molecule has 1 aromatic carbocycles. The molecule has 1 aromatic rings. The second-order valence-electron chi connectivity index (χ2n) is 6.14. The highest BCUT2D eigenvalue weighted by Gasteiger charge is 2.38. The van der Waals surface area contributed by atoms with E-state index in [0.29, 0.717) is 18.8 Å². The molecule has 1 aliphatic rings. The molecule has 0 fully saturated rings. The molecule has 0 bridgehead atoms. The number of amides is 1. The van der Waals surface area contributed by atoms with Crippen LogP contribution in [-0.4, -0.2) is 38.1 Å². The van der Waals surface area contributed by atoms with Crippen LogP contribution in [0.3, 0.4) is 0 Å². The third-order valence-electron chi connectivity index (χ3n) is 5.20. The van der Waals surface area contributed by atoms with Gasteiger partial charge < -0.3 is 20.1 Å². The number of hydrogen-bond donors (Lipinski definition) is 1. The fraction of sp³-hybridized carbons (Fsp3) is 0.611. The van der Waals surface area contributed by atoms with E-state index in [2.05, 4.69) is 0 Å². The molecule has 0 aromatic heterocycles. The van der Waals surface area contributed by atoms with E-state index in [1.807, 2.05) is 30.9 Å². The molecule has 2 N–H and O–H groups in total. The van der Waals surface area contributed by atoms with Crippen molar-refractivity contribution in [1.82, 2.24) is 4.90 Å². The van der Waals surface area contributed by atoms with Crippen LogP contribution < -0.4 is 15.2 Å². The predicted molar refractivity (Wildman–Crippen MR) is 90.7 cm³/mol. The lowest BCUT2D eigenvalue weighted by molar-refractivity contribution is -0.143. The van der Waals surface area contributed by atoms with Crippen LogP contribution in [0.2, 0.25) is 0 Å². The summed E-state index contributed by atoms with van der Waals surface area (Å²) in [4.78, 5) is 14.9. The van der Waals surface area contributed by atoms with E-state index in [4.69, 9.17) is 15.2 Å². The maximum Gasteiger partial charge on any atom is 0.230 e. The zero-order valence-corrected chi connectivity index (χ0v) is 14.6. The quantitative estimate of drug-likeness (QED) is 0.874. The highest BCUT2D eigenvalue weighted by molar-refractivity contribution is 5.83. The minimum Gasteiger partial charge on any atom is -0.493 e. The number of carbonyl (C=O) groups is 1. The first-order chi connectivity index (χ1) is 11.0. The Balaban J connectivity index is 2.27. The van der Waals surface area contributed by atoms with Gasteiger partial charge in [0.25, 0.3) is 0 Å². The fourth-order valence-electron chi connectivity index (χ4n) is 3.32. The van der Waals surface area contributed by atoms with Crippen molar-refractivity contribution in [2.75, 3.05) is 27.3 Å². The van der Waals surface area contributed by atoms with E-state index in [0.717, 1.165) is 37.1 Å².